The van der Waals surface area contributed by atoms with Crippen LogP contribution in [0.4, 0.5) is 5.69 Å². The van der Waals surface area contributed by atoms with Crippen LogP contribution in [0.5, 0.6) is 5.75 Å². The number of ether oxygens (including phenoxy) is 1. The van der Waals surface area contributed by atoms with Gasteiger partial charge in [-0.3, -0.25) is 9.59 Å². The van der Waals surface area contributed by atoms with Gasteiger partial charge in [-0.1, -0.05) is 6.07 Å². The largest absolute Gasteiger partial charge is 0.484 e. The maximum absolute atomic E-state index is 12.5. The highest BCUT2D eigenvalue weighted by Gasteiger charge is 2.38. The molecule has 2 fully saturated rings. The van der Waals surface area contributed by atoms with Gasteiger partial charge in [-0.05, 0) is 55.5 Å². The van der Waals surface area contributed by atoms with E-state index >= 15 is 0 Å². The molecule has 2 aliphatic rings. The first-order valence-corrected chi connectivity index (χ1v) is 9.70. The molecule has 1 aromatic heterocycles. The number of piperidine rings is 1. The van der Waals surface area contributed by atoms with Gasteiger partial charge >= 0.3 is 0 Å². The molecule has 0 atom stereocenters. The number of benzene rings is 1. The third-order valence-electron chi connectivity index (χ3n) is 5.71. The van der Waals surface area contributed by atoms with Crippen LogP contribution in [-0.4, -0.2) is 49.5 Å². The Bertz CT molecular complexity index is 818. The van der Waals surface area contributed by atoms with Crippen LogP contribution in [0.3, 0.4) is 0 Å². The summed E-state index contributed by atoms with van der Waals surface area (Å²) in [6.07, 6.45) is 4.77. The van der Waals surface area contributed by atoms with Crippen molar-refractivity contribution >= 4 is 17.5 Å². The van der Waals surface area contributed by atoms with Crippen molar-refractivity contribution in [3.05, 3.63) is 48.4 Å². The summed E-state index contributed by atoms with van der Waals surface area (Å²) in [6, 6.07) is 10.3. The maximum atomic E-state index is 12.5. The third-order valence-corrected chi connectivity index (χ3v) is 5.71. The number of carbonyl (C=O) groups is 2. The second kappa shape index (κ2) is 8.06. The van der Waals surface area contributed by atoms with Crippen LogP contribution >= 0.6 is 0 Å². The second-order valence-corrected chi connectivity index (χ2v) is 7.56. The highest BCUT2D eigenvalue weighted by atomic mass is 16.5. The molecule has 1 aromatic carbocycles. The van der Waals surface area contributed by atoms with Crippen molar-refractivity contribution in [2.45, 2.75) is 19.3 Å². The highest BCUT2D eigenvalue weighted by Crippen LogP contribution is 2.36. The lowest BCUT2D eigenvalue weighted by molar-refractivity contribution is -0.135. The minimum atomic E-state index is -0.332. The van der Waals surface area contributed by atoms with Crippen molar-refractivity contribution in [1.82, 2.24) is 10.2 Å². The Morgan fingerprint density at radius 1 is 1.18 bits per heavy atom. The number of likely N-dealkylation sites (tertiary alicyclic amines) is 1. The monoisotopic (exact) mass is 383 g/mol. The average molecular weight is 383 g/mol. The van der Waals surface area contributed by atoms with E-state index in [-0.39, 0.29) is 24.2 Å². The van der Waals surface area contributed by atoms with Crippen molar-refractivity contribution in [1.29, 1.82) is 0 Å². The molecule has 0 radical (unpaired) electrons. The Morgan fingerprint density at radius 3 is 2.75 bits per heavy atom. The molecule has 7 nitrogen and oxygen atoms in total. The Morgan fingerprint density at radius 2 is 2.04 bits per heavy atom. The molecule has 2 aromatic rings. The summed E-state index contributed by atoms with van der Waals surface area (Å²) in [5.41, 5.74) is 0.970. The molecular weight excluding hydrogens is 358 g/mol. The fourth-order valence-corrected chi connectivity index (χ4v) is 3.95. The van der Waals surface area contributed by atoms with Crippen LogP contribution in [0.25, 0.3) is 0 Å². The number of nitrogens with one attached hydrogen (secondary N) is 2. The van der Waals surface area contributed by atoms with E-state index in [4.69, 9.17) is 9.15 Å². The maximum Gasteiger partial charge on any atom is 0.291 e. The first kappa shape index (κ1) is 18.6. The number of hydrogen-bond acceptors (Lipinski definition) is 5. The SMILES string of the molecule is O=C(Nc1cccc(OCC(=O)N2CCC3(CCNC3)CC2)c1)c1ccco1. The van der Waals surface area contributed by atoms with Gasteiger partial charge in [0.15, 0.2) is 12.4 Å². The Kier molecular flexibility index (Phi) is 5.34. The zero-order valence-corrected chi connectivity index (χ0v) is 15.8. The van der Waals surface area contributed by atoms with Crippen LogP contribution in [0, 0.1) is 5.41 Å². The van der Waals surface area contributed by atoms with E-state index < -0.39 is 0 Å². The molecule has 2 amide bonds. The first-order valence-electron chi connectivity index (χ1n) is 9.70. The van der Waals surface area contributed by atoms with Crippen LogP contribution in [-0.2, 0) is 4.79 Å². The second-order valence-electron chi connectivity index (χ2n) is 7.56. The van der Waals surface area contributed by atoms with Gasteiger partial charge in [-0.25, -0.2) is 0 Å². The average Bonchev–Trinajstić information content (AvgIpc) is 3.40. The quantitative estimate of drug-likeness (QED) is 0.829. The summed E-state index contributed by atoms with van der Waals surface area (Å²) < 4.78 is 10.8. The van der Waals surface area contributed by atoms with Crippen molar-refractivity contribution < 1.29 is 18.7 Å². The number of hydrogen-bond donors (Lipinski definition) is 2. The molecule has 0 saturated carbocycles. The van der Waals surface area contributed by atoms with Gasteiger partial charge in [0.05, 0.1) is 6.26 Å². The lowest BCUT2D eigenvalue weighted by atomic mass is 9.78. The Hall–Kier alpha value is -2.80. The molecule has 2 aliphatic heterocycles. The van der Waals surface area contributed by atoms with E-state index in [2.05, 4.69) is 10.6 Å². The smallest absolute Gasteiger partial charge is 0.291 e. The molecule has 3 heterocycles. The van der Waals surface area contributed by atoms with Gasteiger partial charge in [0.1, 0.15) is 5.75 Å². The molecular formula is C21H25N3O4. The Balaban J connectivity index is 1.28. The molecule has 7 heteroatoms. The van der Waals surface area contributed by atoms with Crippen LogP contribution in [0.1, 0.15) is 29.8 Å². The van der Waals surface area contributed by atoms with Crippen LogP contribution in [0.15, 0.2) is 47.1 Å². The molecule has 1 spiro atoms. The van der Waals surface area contributed by atoms with E-state index in [0.717, 1.165) is 39.0 Å². The molecule has 0 bridgehead atoms. The van der Waals surface area contributed by atoms with Gasteiger partial charge in [0, 0.05) is 31.4 Å². The van der Waals surface area contributed by atoms with E-state index in [1.54, 1.807) is 36.4 Å². The molecule has 28 heavy (non-hydrogen) atoms. The van der Waals surface area contributed by atoms with E-state index in [0.29, 0.717) is 16.9 Å². The fraction of sp³-hybridized carbons (Fsp3) is 0.429. The van der Waals surface area contributed by atoms with Crippen LogP contribution in [0.2, 0.25) is 0 Å². The summed E-state index contributed by atoms with van der Waals surface area (Å²) in [6.45, 7) is 3.75. The standard InChI is InChI=1S/C21H25N3O4/c25-19(24-10-7-21(8-11-24)6-9-22-15-21)14-28-17-4-1-3-16(13-17)23-20(26)18-5-2-12-27-18/h1-5,12-13,22H,6-11,14-15H2,(H,23,26). The van der Waals surface area contributed by atoms with Crippen molar-refractivity contribution in [3.63, 3.8) is 0 Å². The fourth-order valence-electron chi connectivity index (χ4n) is 3.95. The topological polar surface area (TPSA) is 83.8 Å². The lowest BCUT2D eigenvalue weighted by Gasteiger charge is -2.38. The summed E-state index contributed by atoms with van der Waals surface area (Å²) in [5.74, 6) is 0.452. The minimum Gasteiger partial charge on any atom is -0.484 e. The lowest BCUT2D eigenvalue weighted by Crippen LogP contribution is -2.45. The number of furan rings is 1. The molecule has 0 aliphatic carbocycles. The third kappa shape index (κ3) is 4.20. The summed E-state index contributed by atoms with van der Waals surface area (Å²) >= 11 is 0. The number of anilines is 1. The van der Waals surface area contributed by atoms with Gasteiger partial charge in [0.2, 0.25) is 0 Å². The van der Waals surface area contributed by atoms with Crippen molar-refractivity contribution in [2.24, 2.45) is 5.41 Å². The van der Waals surface area contributed by atoms with Gasteiger partial charge in [-0.2, -0.15) is 0 Å². The minimum absolute atomic E-state index is 0.000827. The highest BCUT2D eigenvalue weighted by molar-refractivity contribution is 6.02. The predicted molar refractivity (Wildman–Crippen MR) is 104 cm³/mol. The summed E-state index contributed by atoms with van der Waals surface area (Å²) in [7, 11) is 0. The normalized spacial score (nSPS) is 18.2. The Labute approximate surface area is 164 Å². The van der Waals surface area contributed by atoms with Gasteiger partial charge in [-0.15, -0.1) is 0 Å². The molecule has 2 N–H and O–H groups in total. The zero-order valence-electron chi connectivity index (χ0n) is 15.8. The van der Waals surface area contributed by atoms with E-state index in [9.17, 15) is 9.59 Å². The number of carbonyl (C=O) groups excluding carboxylic acids is 2. The number of nitrogens with zero attached hydrogens (tertiary/aromatic N) is 1. The molecule has 148 valence electrons. The summed E-state index contributed by atoms with van der Waals surface area (Å²) in [4.78, 5) is 26.4. The van der Waals surface area contributed by atoms with Crippen LogP contribution < -0.4 is 15.4 Å². The zero-order chi connectivity index (χ0) is 19.4. The van der Waals surface area contributed by atoms with Gasteiger partial charge in [0.25, 0.3) is 11.8 Å². The molecule has 4 rings (SSSR count). The molecule has 0 unspecified atom stereocenters. The number of amides is 2. The number of rotatable bonds is 5. The molecule has 2 saturated heterocycles. The van der Waals surface area contributed by atoms with Crippen molar-refractivity contribution in [3.8, 4) is 5.75 Å². The first-order chi connectivity index (χ1) is 13.6. The van der Waals surface area contributed by atoms with E-state index in [1.165, 1.54) is 12.7 Å². The van der Waals surface area contributed by atoms with E-state index in [1.807, 2.05) is 4.90 Å². The van der Waals surface area contributed by atoms with Gasteiger partial charge < -0.3 is 24.7 Å². The summed E-state index contributed by atoms with van der Waals surface area (Å²) in [5, 5.41) is 6.19. The van der Waals surface area contributed by atoms with Crippen molar-refractivity contribution in [2.75, 3.05) is 38.1 Å². The predicted octanol–water partition coefficient (Wildman–Crippen LogP) is 2.51.